The third kappa shape index (κ3) is 2.23. The highest BCUT2D eigenvalue weighted by Crippen LogP contribution is 2.51. The van der Waals surface area contributed by atoms with Crippen molar-refractivity contribution < 1.29 is 0 Å². The number of nitrogens with two attached hydrogens (primary N) is 1. The van der Waals surface area contributed by atoms with E-state index in [4.69, 9.17) is 16.4 Å². The molecule has 0 unspecified atom stereocenters. The summed E-state index contributed by atoms with van der Waals surface area (Å²) in [6, 6.07) is 2.30. The molecule has 3 heteroatoms. The number of hydrogen-bond acceptors (Lipinski definition) is 3. The Morgan fingerprint density at radius 3 is 2.64 bits per heavy atom. The molecule has 0 spiro atoms. The third-order valence-electron chi connectivity index (χ3n) is 2.47. The zero-order chi connectivity index (χ0) is 10.4. The number of hydrogen-bond donors (Lipinski definition) is 2. The van der Waals surface area contributed by atoms with E-state index in [0.29, 0.717) is 0 Å². The van der Waals surface area contributed by atoms with Gasteiger partial charge in [0.25, 0.3) is 0 Å². The molecule has 0 bridgehead atoms. The number of nitrogens with zero attached hydrogens (tertiary/aromatic N) is 1. The molecule has 0 saturated heterocycles. The summed E-state index contributed by atoms with van der Waals surface area (Å²) >= 11 is 0. The molecule has 1 aliphatic rings. The smallest absolute Gasteiger partial charge is 0.0837 e. The maximum atomic E-state index is 8.94. The summed E-state index contributed by atoms with van der Waals surface area (Å²) in [4.78, 5) is 0. The van der Waals surface area contributed by atoms with Crippen LogP contribution in [0, 0.1) is 22.2 Å². The van der Waals surface area contributed by atoms with Gasteiger partial charge in [0, 0.05) is 0 Å². The Bertz CT molecular complexity index is 303. The van der Waals surface area contributed by atoms with Crippen LogP contribution in [0.4, 0.5) is 0 Å². The van der Waals surface area contributed by atoms with Crippen LogP contribution in [0.2, 0.25) is 0 Å². The van der Waals surface area contributed by atoms with Gasteiger partial charge in [0.1, 0.15) is 0 Å². The van der Waals surface area contributed by atoms with Gasteiger partial charge in [-0.05, 0) is 43.7 Å². The van der Waals surface area contributed by atoms with E-state index in [0.717, 1.165) is 31.3 Å². The van der Waals surface area contributed by atoms with E-state index in [1.807, 2.05) is 12.2 Å². The largest absolute Gasteiger partial charge is 0.404 e. The second-order valence-corrected chi connectivity index (χ2v) is 3.50. The van der Waals surface area contributed by atoms with Gasteiger partial charge in [-0.3, -0.25) is 0 Å². The topological polar surface area (TPSA) is 73.7 Å². The summed E-state index contributed by atoms with van der Waals surface area (Å²) in [7, 11) is 0. The normalized spacial score (nSPS) is 19.2. The lowest BCUT2D eigenvalue weighted by Crippen LogP contribution is -2.01. The predicted octanol–water partition coefficient (Wildman–Crippen LogP) is 2.12. The van der Waals surface area contributed by atoms with E-state index in [1.165, 1.54) is 12.4 Å². The van der Waals surface area contributed by atoms with Gasteiger partial charge in [-0.2, -0.15) is 5.26 Å². The van der Waals surface area contributed by atoms with Gasteiger partial charge in [0.05, 0.1) is 11.5 Å². The molecule has 3 N–H and O–H groups in total. The first-order valence-electron chi connectivity index (χ1n) is 4.78. The molecule has 1 fully saturated rings. The summed E-state index contributed by atoms with van der Waals surface area (Å²) in [5.41, 5.74) is 6.11. The molecular formula is C11H15N3. The molecular weight excluding hydrogens is 174 g/mol. The number of nitriles is 1. The minimum Gasteiger partial charge on any atom is -0.404 e. The van der Waals surface area contributed by atoms with Crippen LogP contribution in [0.1, 0.15) is 25.7 Å². The van der Waals surface area contributed by atoms with E-state index < -0.39 is 0 Å². The zero-order valence-electron chi connectivity index (χ0n) is 8.16. The number of nitrogens with one attached hydrogen (secondary N) is 1. The second-order valence-electron chi connectivity index (χ2n) is 3.50. The van der Waals surface area contributed by atoms with Crippen LogP contribution in [-0.4, -0.2) is 6.21 Å². The van der Waals surface area contributed by atoms with Crippen LogP contribution in [0.15, 0.2) is 23.9 Å². The van der Waals surface area contributed by atoms with Crippen molar-refractivity contribution in [2.75, 3.05) is 0 Å². The Kier molecular flexibility index (Phi) is 3.47. The van der Waals surface area contributed by atoms with Crippen molar-refractivity contribution in [3.8, 4) is 6.07 Å². The molecule has 0 aromatic heterocycles. The fourth-order valence-electron chi connectivity index (χ4n) is 1.35. The molecule has 0 aromatic rings. The first kappa shape index (κ1) is 10.5. The molecule has 14 heavy (non-hydrogen) atoms. The molecule has 0 atom stereocenters. The molecule has 1 saturated carbocycles. The van der Waals surface area contributed by atoms with Gasteiger partial charge in [-0.15, -0.1) is 0 Å². The molecule has 0 radical (unpaired) electrons. The summed E-state index contributed by atoms with van der Waals surface area (Å²) in [6.07, 6.45) is 10.2. The highest BCUT2D eigenvalue weighted by molar-refractivity contribution is 5.53. The second kappa shape index (κ2) is 4.61. The van der Waals surface area contributed by atoms with Crippen molar-refractivity contribution in [2.45, 2.75) is 25.7 Å². The summed E-state index contributed by atoms with van der Waals surface area (Å²) in [5.74, 6) is 0. The fourth-order valence-corrected chi connectivity index (χ4v) is 1.35. The Hall–Kier alpha value is -1.56. The van der Waals surface area contributed by atoms with Crippen molar-refractivity contribution in [2.24, 2.45) is 11.1 Å². The molecule has 1 rings (SSSR count). The summed E-state index contributed by atoms with van der Waals surface area (Å²) < 4.78 is 0. The molecule has 0 aromatic carbocycles. The minimum atomic E-state index is -0.296. The van der Waals surface area contributed by atoms with Gasteiger partial charge in [0.2, 0.25) is 0 Å². The van der Waals surface area contributed by atoms with Gasteiger partial charge in [-0.1, -0.05) is 12.2 Å². The fraction of sp³-hybridized carbons (Fsp3) is 0.455. The van der Waals surface area contributed by atoms with Crippen LogP contribution in [-0.2, 0) is 0 Å². The SMILES string of the molecule is N#CC1(C(/C=C\CCC=N)=C/N)CC1. The molecule has 0 aliphatic heterocycles. The van der Waals surface area contributed by atoms with Gasteiger partial charge < -0.3 is 11.1 Å². The minimum absolute atomic E-state index is 0.296. The van der Waals surface area contributed by atoms with E-state index in [-0.39, 0.29) is 5.41 Å². The third-order valence-corrected chi connectivity index (χ3v) is 2.47. The van der Waals surface area contributed by atoms with Gasteiger partial charge in [0.15, 0.2) is 0 Å². The quantitative estimate of drug-likeness (QED) is 0.395. The number of rotatable bonds is 5. The van der Waals surface area contributed by atoms with Crippen molar-refractivity contribution in [1.29, 1.82) is 10.7 Å². The summed E-state index contributed by atoms with van der Waals surface area (Å²) in [5, 5.41) is 15.8. The van der Waals surface area contributed by atoms with Crippen LogP contribution in [0.3, 0.4) is 0 Å². The first-order chi connectivity index (χ1) is 6.79. The van der Waals surface area contributed by atoms with Gasteiger partial charge >= 0.3 is 0 Å². The zero-order valence-corrected chi connectivity index (χ0v) is 8.16. The average Bonchev–Trinajstić information content (AvgIpc) is 2.99. The van der Waals surface area contributed by atoms with Crippen LogP contribution < -0.4 is 5.73 Å². The highest BCUT2D eigenvalue weighted by Gasteiger charge is 2.45. The molecule has 3 nitrogen and oxygen atoms in total. The van der Waals surface area contributed by atoms with Crippen LogP contribution in [0.25, 0.3) is 0 Å². The maximum absolute atomic E-state index is 8.94. The van der Waals surface area contributed by atoms with E-state index in [1.54, 1.807) is 0 Å². The average molecular weight is 189 g/mol. The number of unbranched alkanes of at least 4 members (excludes halogenated alkanes) is 1. The maximum Gasteiger partial charge on any atom is 0.0837 e. The van der Waals surface area contributed by atoms with Crippen molar-refractivity contribution in [3.63, 3.8) is 0 Å². The van der Waals surface area contributed by atoms with E-state index >= 15 is 0 Å². The lowest BCUT2D eigenvalue weighted by molar-refractivity contribution is 0.823. The Morgan fingerprint density at radius 2 is 2.21 bits per heavy atom. The van der Waals surface area contributed by atoms with Crippen LogP contribution in [0.5, 0.6) is 0 Å². The van der Waals surface area contributed by atoms with Crippen LogP contribution >= 0.6 is 0 Å². The predicted molar refractivity (Wildman–Crippen MR) is 56.7 cm³/mol. The first-order valence-corrected chi connectivity index (χ1v) is 4.78. The number of allylic oxidation sites excluding steroid dienone is 3. The Balaban J connectivity index is 2.53. The van der Waals surface area contributed by atoms with Gasteiger partial charge in [-0.25, -0.2) is 0 Å². The highest BCUT2D eigenvalue weighted by atomic mass is 14.6. The van der Waals surface area contributed by atoms with Crippen molar-refractivity contribution in [3.05, 3.63) is 23.9 Å². The monoisotopic (exact) mass is 189 g/mol. The van der Waals surface area contributed by atoms with Crippen molar-refractivity contribution in [1.82, 2.24) is 0 Å². The van der Waals surface area contributed by atoms with E-state index in [9.17, 15) is 0 Å². The Morgan fingerprint density at radius 1 is 1.50 bits per heavy atom. The summed E-state index contributed by atoms with van der Waals surface area (Å²) in [6.45, 7) is 0. The standard InChI is InChI=1S/C11H15N3/c12-7-3-1-2-4-10(8-13)11(9-14)5-6-11/h2,4,7-8,12H,1,3,5-6,13H2/b4-2-,10-8+,12-7?. The molecule has 0 heterocycles. The molecule has 1 aliphatic carbocycles. The lowest BCUT2D eigenvalue weighted by atomic mass is 9.98. The van der Waals surface area contributed by atoms with E-state index in [2.05, 4.69) is 6.07 Å². The molecule has 0 amide bonds. The molecule has 74 valence electrons. The van der Waals surface area contributed by atoms with Crippen molar-refractivity contribution >= 4 is 6.21 Å². The Labute approximate surface area is 84.4 Å². The lowest BCUT2D eigenvalue weighted by Gasteiger charge is -2.05.